The number of hydrogen-bond donors (Lipinski definition) is 2. The van der Waals surface area contributed by atoms with Crippen LogP contribution in [0.15, 0.2) is 29.6 Å². The smallest absolute Gasteiger partial charge is 0.170 e. The highest BCUT2D eigenvalue weighted by Gasteiger charge is 2.15. The van der Waals surface area contributed by atoms with Gasteiger partial charge < -0.3 is 15.4 Å². The van der Waals surface area contributed by atoms with Gasteiger partial charge in [0.15, 0.2) is 5.11 Å². The van der Waals surface area contributed by atoms with Gasteiger partial charge in [-0.25, -0.2) is 4.98 Å². The molecule has 0 radical (unpaired) electrons. The van der Waals surface area contributed by atoms with Crippen LogP contribution in [0.5, 0.6) is 0 Å². The number of ether oxygens (including phenoxy) is 1. The number of benzene rings is 1. The van der Waals surface area contributed by atoms with Crippen molar-refractivity contribution in [1.29, 1.82) is 0 Å². The maximum absolute atomic E-state index is 5.58. The first-order valence-electron chi connectivity index (χ1n) is 7.40. The zero-order valence-corrected chi connectivity index (χ0v) is 14.1. The number of aromatic nitrogens is 1. The van der Waals surface area contributed by atoms with Gasteiger partial charge in [0.25, 0.3) is 0 Å². The third-order valence-corrected chi connectivity index (χ3v) is 4.57. The highest BCUT2D eigenvalue weighted by atomic mass is 32.1. The van der Waals surface area contributed by atoms with E-state index in [1.165, 1.54) is 0 Å². The summed E-state index contributed by atoms with van der Waals surface area (Å²) in [6.07, 6.45) is 2.53. The summed E-state index contributed by atoms with van der Waals surface area (Å²) < 4.78 is 5.58. The molecule has 0 aliphatic carbocycles. The molecule has 0 amide bonds. The normalized spacial score (nSPS) is 17.4. The monoisotopic (exact) mass is 333 g/mol. The van der Waals surface area contributed by atoms with E-state index in [1.54, 1.807) is 11.3 Å². The predicted octanol–water partition coefficient (Wildman–Crippen LogP) is 3.58. The third kappa shape index (κ3) is 4.03. The number of anilines is 1. The average molecular weight is 333 g/mol. The van der Waals surface area contributed by atoms with Crippen molar-refractivity contribution in [3.63, 3.8) is 0 Å². The summed E-state index contributed by atoms with van der Waals surface area (Å²) in [5.41, 5.74) is 3.06. The SMILES string of the molecule is Cc1nc(-c2cccc(NC(=S)NC[C@H]3CCCO3)c2)cs1. The van der Waals surface area contributed by atoms with Crippen LogP contribution in [0.2, 0.25) is 0 Å². The predicted molar refractivity (Wildman–Crippen MR) is 95.5 cm³/mol. The van der Waals surface area contributed by atoms with Crippen molar-refractivity contribution in [1.82, 2.24) is 10.3 Å². The van der Waals surface area contributed by atoms with E-state index in [4.69, 9.17) is 17.0 Å². The fourth-order valence-corrected chi connectivity index (χ4v) is 3.26. The Morgan fingerprint density at radius 1 is 1.50 bits per heavy atom. The molecule has 2 N–H and O–H groups in total. The van der Waals surface area contributed by atoms with Crippen molar-refractivity contribution < 1.29 is 4.74 Å². The van der Waals surface area contributed by atoms with E-state index in [0.29, 0.717) is 5.11 Å². The molecule has 6 heteroatoms. The van der Waals surface area contributed by atoms with Crippen LogP contribution < -0.4 is 10.6 Å². The van der Waals surface area contributed by atoms with Gasteiger partial charge in [-0.2, -0.15) is 0 Å². The van der Waals surface area contributed by atoms with Crippen LogP contribution in [0.3, 0.4) is 0 Å². The molecule has 0 bridgehead atoms. The summed E-state index contributed by atoms with van der Waals surface area (Å²) in [7, 11) is 0. The van der Waals surface area contributed by atoms with Crippen molar-refractivity contribution in [2.24, 2.45) is 0 Å². The van der Waals surface area contributed by atoms with Gasteiger partial charge in [-0.15, -0.1) is 11.3 Å². The second kappa shape index (κ2) is 7.17. The molecule has 2 heterocycles. The molecule has 116 valence electrons. The first-order valence-corrected chi connectivity index (χ1v) is 8.68. The minimum Gasteiger partial charge on any atom is -0.376 e. The van der Waals surface area contributed by atoms with E-state index in [0.717, 1.165) is 47.9 Å². The van der Waals surface area contributed by atoms with Gasteiger partial charge in [-0.05, 0) is 44.1 Å². The maximum atomic E-state index is 5.58. The van der Waals surface area contributed by atoms with Gasteiger partial charge in [-0.1, -0.05) is 12.1 Å². The zero-order chi connectivity index (χ0) is 15.4. The molecule has 1 aromatic heterocycles. The van der Waals surface area contributed by atoms with Gasteiger partial charge in [0, 0.05) is 29.8 Å². The van der Waals surface area contributed by atoms with Crippen LogP contribution in [0.1, 0.15) is 17.8 Å². The minimum absolute atomic E-state index is 0.282. The van der Waals surface area contributed by atoms with Crippen LogP contribution in [-0.4, -0.2) is 29.4 Å². The number of nitrogens with zero attached hydrogens (tertiary/aromatic N) is 1. The molecule has 2 aromatic rings. The van der Waals surface area contributed by atoms with Crippen LogP contribution >= 0.6 is 23.6 Å². The Balaban J connectivity index is 1.58. The van der Waals surface area contributed by atoms with E-state index in [1.807, 2.05) is 19.1 Å². The molecule has 1 fully saturated rings. The molecule has 0 saturated carbocycles. The Labute approximate surface area is 139 Å². The van der Waals surface area contributed by atoms with Crippen molar-refractivity contribution in [3.05, 3.63) is 34.7 Å². The molecule has 0 unspecified atom stereocenters. The summed E-state index contributed by atoms with van der Waals surface area (Å²) in [4.78, 5) is 4.52. The lowest BCUT2D eigenvalue weighted by Crippen LogP contribution is -2.34. The van der Waals surface area contributed by atoms with Gasteiger partial charge in [0.1, 0.15) is 0 Å². The van der Waals surface area contributed by atoms with E-state index in [2.05, 4.69) is 33.1 Å². The van der Waals surface area contributed by atoms with Crippen LogP contribution in [0.4, 0.5) is 5.69 Å². The Morgan fingerprint density at radius 3 is 3.14 bits per heavy atom. The lowest BCUT2D eigenvalue weighted by atomic mass is 10.1. The number of rotatable bonds is 4. The summed E-state index contributed by atoms with van der Waals surface area (Å²) in [5, 5.41) is 10.2. The van der Waals surface area contributed by atoms with Gasteiger partial charge in [0.2, 0.25) is 0 Å². The van der Waals surface area contributed by atoms with Crippen LogP contribution in [0.25, 0.3) is 11.3 Å². The van der Waals surface area contributed by atoms with Crippen LogP contribution in [0, 0.1) is 6.92 Å². The quantitative estimate of drug-likeness (QED) is 0.838. The Kier molecular flexibility index (Phi) is 5.02. The molecule has 0 spiro atoms. The van der Waals surface area contributed by atoms with Crippen LogP contribution in [-0.2, 0) is 4.74 Å². The Hall–Kier alpha value is -1.50. The van der Waals surface area contributed by atoms with Crippen molar-refractivity contribution >= 4 is 34.4 Å². The van der Waals surface area contributed by atoms with E-state index in [-0.39, 0.29) is 6.10 Å². The first kappa shape index (κ1) is 15.4. The fourth-order valence-electron chi connectivity index (χ4n) is 2.44. The Bertz CT molecular complexity index is 650. The molecule has 1 aliphatic heterocycles. The highest BCUT2D eigenvalue weighted by molar-refractivity contribution is 7.80. The molecule has 1 aliphatic rings. The molecule has 4 nitrogen and oxygen atoms in total. The topological polar surface area (TPSA) is 46.2 Å². The average Bonchev–Trinajstić information content (AvgIpc) is 3.17. The Morgan fingerprint density at radius 2 is 2.41 bits per heavy atom. The number of aryl methyl sites for hydroxylation is 1. The lowest BCUT2D eigenvalue weighted by molar-refractivity contribution is 0.114. The minimum atomic E-state index is 0.282. The molecule has 1 atom stereocenters. The van der Waals surface area contributed by atoms with E-state index >= 15 is 0 Å². The fraction of sp³-hybridized carbons (Fsp3) is 0.375. The summed E-state index contributed by atoms with van der Waals surface area (Å²) >= 11 is 7.00. The number of hydrogen-bond acceptors (Lipinski definition) is 4. The molecule has 1 saturated heterocycles. The summed E-state index contributed by atoms with van der Waals surface area (Å²) in [6.45, 7) is 3.64. The van der Waals surface area contributed by atoms with Gasteiger partial charge in [0.05, 0.1) is 16.8 Å². The largest absolute Gasteiger partial charge is 0.376 e. The standard InChI is InChI=1S/C16H19N3OS2/c1-11-18-15(10-22-11)12-4-2-5-13(8-12)19-16(21)17-9-14-6-3-7-20-14/h2,4-5,8,10,14H,3,6-7,9H2,1H3,(H2,17,19,21)/t14-/m1/s1. The molecule has 3 rings (SSSR count). The van der Waals surface area contributed by atoms with Gasteiger partial charge >= 0.3 is 0 Å². The molecular weight excluding hydrogens is 314 g/mol. The second-order valence-electron chi connectivity index (χ2n) is 5.30. The number of thiazole rings is 1. The van der Waals surface area contributed by atoms with E-state index < -0.39 is 0 Å². The molecule has 1 aromatic carbocycles. The summed E-state index contributed by atoms with van der Waals surface area (Å²) in [6, 6.07) is 8.13. The van der Waals surface area contributed by atoms with Crippen molar-refractivity contribution in [2.75, 3.05) is 18.5 Å². The van der Waals surface area contributed by atoms with E-state index in [9.17, 15) is 0 Å². The maximum Gasteiger partial charge on any atom is 0.170 e. The lowest BCUT2D eigenvalue weighted by Gasteiger charge is -2.14. The van der Waals surface area contributed by atoms with Crippen molar-refractivity contribution in [3.8, 4) is 11.3 Å². The number of thiocarbonyl (C=S) groups is 1. The van der Waals surface area contributed by atoms with Gasteiger partial charge in [-0.3, -0.25) is 0 Å². The van der Waals surface area contributed by atoms with Crippen molar-refractivity contribution in [2.45, 2.75) is 25.9 Å². The molecule has 22 heavy (non-hydrogen) atoms. The first-order chi connectivity index (χ1) is 10.7. The zero-order valence-electron chi connectivity index (χ0n) is 12.5. The number of nitrogens with one attached hydrogen (secondary N) is 2. The highest BCUT2D eigenvalue weighted by Crippen LogP contribution is 2.24. The second-order valence-corrected chi connectivity index (χ2v) is 6.77. The summed E-state index contributed by atoms with van der Waals surface area (Å²) in [5.74, 6) is 0. The third-order valence-electron chi connectivity index (χ3n) is 3.55. The molecular formula is C16H19N3OS2.